The van der Waals surface area contributed by atoms with E-state index in [-0.39, 0.29) is 31.3 Å². The molecule has 0 aromatic carbocycles. The normalized spacial score (nSPS) is 21.7. The summed E-state index contributed by atoms with van der Waals surface area (Å²) in [5, 5.41) is 8.42. The first-order valence-electron chi connectivity index (χ1n) is 6.06. The first kappa shape index (κ1) is 15.2. The lowest BCUT2D eigenvalue weighted by molar-refractivity contribution is -0.138. The lowest BCUT2D eigenvalue weighted by Crippen LogP contribution is -2.41. The van der Waals surface area contributed by atoms with Crippen LogP contribution in [0.4, 0.5) is 0 Å². The minimum atomic E-state index is -0.857. The minimum absolute atomic E-state index is 0.0182. The van der Waals surface area contributed by atoms with Crippen molar-refractivity contribution >= 4 is 13.1 Å². The van der Waals surface area contributed by atoms with E-state index in [1.807, 2.05) is 27.7 Å². The molecule has 0 saturated carbocycles. The van der Waals surface area contributed by atoms with E-state index in [4.69, 9.17) is 19.2 Å². The largest absolute Gasteiger partial charge is 0.486 e. The molecule has 1 fully saturated rings. The summed E-state index contributed by atoms with van der Waals surface area (Å²) in [6.07, 6.45) is 1.80. The second-order valence-electron chi connectivity index (χ2n) is 5.27. The van der Waals surface area contributed by atoms with Gasteiger partial charge in [0.25, 0.3) is 0 Å². The molecule has 1 aliphatic rings. The molecule has 18 heavy (non-hydrogen) atoms. The van der Waals surface area contributed by atoms with Crippen molar-refractivity contribution in [3.63, 3.8) is 0 Å². The van der Waals surface area contributed by atoms with Crippen molar-refractivity contribution in [1.82, 2.24) is 0 Å². The Balaban J connectivity index is 2.26. The van der Waals surface area contributed by atoms with Gasteiger partial charge in [-0.05, 0) is 27.7 Å². The average molecular weight is 256 g/mol. The summed E-state index contributed by atoms with van der Waals surface area (Å²) in [6, 6.07) is 0. The van der Waals surface area contributed by atoms with E-state index in [1.54, 1.807) is 12.1 Å². The molecule has 102 valence electrons. The summed E-state index contributed by atoms with van der Waals surface area (Å²) >= 11 is 0. The van der Waals surface area contributed by atoms with Crippen LogP contribution in [0.1, 0.15) is 34.1 Å². The molecule has 0 radical (unpaired) electrons. The van der Waals surface area contributed by atoms with E-state index in [0.717, 1.165) is 0 Å². The van der Waals surface area contributed by atoms with Crippen LogP contribution in [-0.2, 0) is 18.8 Å². The molecule has 0 unspecified atom stereocenters. The fraction of sp³-hybridized carbons (Fsp3) is 0.750. The third-order valence-corrected chi connectivity index (χ3v) is 3.24. The van der Waals surface area contributed by atoms with E-state index in [1.165, 1.54) is 0 Å². The third kappa shape index (κ3) is 4.12. The quantitative estimate of drug-likeness (QED) is 0.578. The molecule has 0 aromatic rings. The van der Waals surface area contributed by atoms with Gasteiger partial charge in [0.15, 0.2) is 0 Å². The molecule has 1 N–H and O–H groups in total. The Kier molecular flexibility index (Phi) is 4.96. The molecule has 0 aliphatic carbocycles. The molecule has 1 aliphatic heterocycles. The smallest absolute Gasteiger partial charge is 0.481 e. The molecule has 1 saturated heterocycles. The monoisotopic (exact) mass is 256 g/mol. The lowest BCUT2D eigenvalue weighted by atomic mass is 9.90. The van der Waals surface area contributed by atoms with Gasteiger partial charge in [-0.3, -0.25) is 4.79 Å². The Bertz CT molecular complexity index is 308. The van der Waals surface area contributed by atoms with Gasteiger partial charge in [-0.15, -0.1) is 0 Å². The van der Waals surface area contributed by atoms with Gasteiger partial charge < -0.3 is 19.2 Å². The zero-order valence-electron chi connectivity index (χ0n) is 11.4. The van der Waals surface area contributed by atoms with Crippen LogP contribution in [0.5, 0.6) is 0 Å². The van der Waals surface area contributed by atoms with Gasteiger partial charge in [0.2, 0.25) is 0 Å². The lowest BCUT2D eigenvalue weighted by Gasteiger charge is -2.32. The Labute approximate surface area is 108 Å². The van der Waals surface area contributed by atoms with E-state index < -0.39 is 5.97 Å². The second kappa shape index (κ2) is 5.86. The van der Waals surface area contributed by atoms with Crippen LogP contribution in [0.15, 0.2) is 12.1 Å². The highest BCUT2D eigenvalue weighted by molar-refractivity contribution is 6.51. The van der Waals surface area contributed by atoms with Gasteiger partial charge in [0.05, 0.1) is 30.8 Å². The van der Waals surface area contributed by atoms with Crippen molar-refractivity contribution in [2.24, 2.45) is 0 Å². The molecule has 0 bridgehead atoms. The highest BCUT2D eigenvalue weighted by atomic mass is 16.7. The number of ether oxygens (including phenoxy) is 1. The highest BCUT2D eigenvalue weighted by Gasteiger charge is 2.49. The molecule has 0 spiro atoms. The third-order valence-electron chi connectivity index (χ3n) is 3.24. The molecule has 0 amide bonds. The Hall–Kier alpha value is -0.845. The Morgan fingerprint density at radius 2 is 1.83 bits per heavy atom. The van der Waals surface area contributed by atoms with Crippen molar-refractivity contribution in [2.45, 2.75) is 45.3 Å². The van der Waals surface area contributed by atoms with Gasteiger partial charge in [0, 0.05) is 0 Å². The van der Waals surface area contributed by atoms with Gasteiger partial charge in [-0.2, -0.15) is 0 Å². The van der Waals surface area contributed by atoms with Crippen LogP contribution in [-0.4, -0.2) is 42.6 Å². The van der Waals surface area contributed by atoms with Crippen molar-refractivity contribution in [3.8, 4) is 0 Å². The topological polar surface area (TPSA) is 65.0 Å². The summed E-state index contributed by atoms with van der Waals surface area (Å²) in [5.41, 5.74) is -0.682. The van der Waals surface area contributed by atoms with Crippen molar-refractivity contribution in [2.75, 3.05) is 13.2 Å². The van der Waals surface area contributed by atoms with Gasteiger partial charge in [-0.1, -0.05) is 12.1 Å². The number of carbonyl (C=O) groups is 1. The first-order valence-corrected chi connectivity index (χ1v) is 6.06. The number of carboxylic acid groups (broad SMARTS) is 1. The molecule has 6 heteroatoms. The zero-order chi connectivity index (χ0) is 13.8. The van der Waals surface area contributed by atoms with Crippen LogP contribution >= 0.6 is 0 Å². The average Bonchev–Trinajstić information content (AvgIpc) is 2.40. The fourth-order valence-electron chi connectivity index (χ4n) is 1.44. The SMILES string of the molecule is CC1(C)OB(/C=C/COCCC(=O)O)OC1(C)C. The maximum Gasteiger partial charge on any atom is 0.486 e. The van der Waals surface area contributed by atoms with Gasteiger partial charge in [-0.25, -0.2) is 0 Å². The fourth-order valence-corrected chi connectivity index (χ4v) is 1.44. The highest BCUT2D eigenvalue weighted by Crippen LogP contribution is 2.36. The standard InChI is InChI=1S/C12H21BO5/c1-11(2)12(3,4)18-13(17-11)7-5-8-16-9-6-10(14)15/h5,7H,6,8-9H2,1-4H3,(H,14,15)/b7-5+. The molecular weight excluding hydrogens is 235 g/mol. The summed E-state index contributed by atoms with van der Waals surface area (Å²) in [4.78, 5) is 10.2. The van der Waals surface area contributed by atoms with Gasteiger partial charge in [0.1, 0.15) is 0 Å². The Morgan fingerprint density at radius 3 is 2.33 bits per heavy atom. The summed E-state index contributed by atoms with van der Waals surface area (Å²) in [7, 11) is -0.377. The number of aliphatic carboxylic acids is 1. The molecule has 0 aromatic heterocycles. The number of hydrogen-bond donors (Lipinski definition) is 1. The van der Waals surface area contributed by atoms with E-state index in [9.17, 15) is 4.79 Å². The number of rotatable bonds is 6. The summed E-state index contributed by atoms with van der Waals surface area (Å²) < 4.78 is 16.6. The molecule has 1 rings (SSSR count). The van der Waals surface area contributed by atoms with Crippen molar-refractivity contribution in [3.05, 3.63) is 12.1 Å². The number of hydrogen-bond acceptors (Lipinski definition) is 4. The molecule has 5 nitrogen and oxygen atoms in total. The first-order chi connectivity index (χ1) is 8.24. The Morgan fingerprint density at radius 1 is 1.28 bits per heavy atom. The molecular formula is C12H21BO5. The second-order valence-corrected chi connectivity index (χ2v) is 5.27. The van der Waals surface area contributed by atoms with E-state index in [0.29, 0.717) is 6.61 Å². The van der Waals surface area contributed by atoms with Crippen LogP contribution in [0.2, 0.25) is 0 Å². The summed E-state index contributed by atoms with van der Waals surface area (Å²) in [6.45, 7) is 8.53. The van der Waals surface area contributed by atoms with Crippen molar-refractivity contribution < 1.29 is 23.9 Å². The van der Waals surface area contributed by atoms with E-state index in [2.05, 4.69) is 0 Å². The van der Waals surface area contributed by atoms with Crippen LogP contribution in [0.3, 0.4) is 0 Å². The minimum Gasteiger partial charge on any atom is -0.481 e. The van der Waals surface area contributed by atoms with Gasteiger partial charge >= 0.3 is 13.1 Å². The molecule has 1 heterocycles. The molecule has 0 atom stereocenters. The predicted octanol–water partition coefficient (Wildman–Crippen LogP) is 1.67. The maximum atomic E-state index is 10.2. The van der Waals surface area contributed by atoms with Crippen molar-refractivity contribution in [1.29, 1.82) is 0 Å². The maximum absolute atomic E-state index is 10.2. The van der Waals surface area contributed by atoms with Crippen LogP contribution in [0.25, 0.3) is 0 Å². The van der Waals surface area contributed by atoms with E-state index >= 15 is 0 Å². The van der Waals surface area contributed by atoms with Crippen LogP contribution in [0, 0.1) is 0 Å². The number of carboxylic acids is 1. The van der Waals surface area contributed by atoms with Crippen LogP contribution < -0.4 is 0 Å². The zero-order valence-corrected chi connectivity index (χ0v) is 11.4. The summed E-state index contributed by atoms with van der Waals surface area (Å²) in [5.74, 6) is 0.932. The predicted molar refractivity (Wildman–Crippen MR) is 68.3 cm³/mol.